The minimum absolute atomic E-state index is 0.0168. The summed E-state index contributed by atoms with van der Waals surface area (Å²) in [5.41, 5.74) is 1.61. The zero-order valence-corrected chi connectivity index (χ0v) is 13.6. The molecule has 0 bridgehead atoms. The highest BCUT2D eigenvalue weighted by Crippen LogP contribution is 2.40. The van der Waals surface area contributed by atoms with Gasteiger partial charge in [0.15, 0.2) is 17.3 Å². The Bertz CT molecular complexity index is 689. The molecular weight excluding hydrogens is 384 g/mol. The van der Waals surface area contributed by atoms with Gasteiger partial charge < -0.3 is 14.8 Å². The summed E-state index contributed by atoms with van der Waals surface area (Å²) in [7, 11) is 0. The monoisotopic (exact) mass is 391 g/mol. The van der Waals surface area contributed by atoms with Crippen LogP contribution in [0.3, 0.4) is 0 Å². The molecule has 21 heavy (non-hydrogen) atoms. The molecule has 3 nitrogen and oxygen atoms in total. The summed E-state index contributed by atoms with van der Waals surface area (Å²) in [5.74, 6) is 0.776. The van der Waals surface area contributed by atoms with Gasteiger partial charge in [-0.3, -0.25) is 0 Å². The molecule has 0 amide bonds. The van der Waals surface area contributed by atoms with Crippen LogP contribution in [-0.2, 0) is 6.54 Å². The van der Waals surface area contributed by atoms with E-state index < -0.39 is 5.82 Å². The third-order valence-corrected chi connectivity index (χ3v) is 4.11. The maximum atomic E-state index is 13.3. The maximum absolute atomic E-state index is 13.3. The van der Waals surface area contributed by atoms with Crippen LogP contribution in [0.5, 0.6) is 11.5 Å². The Hall–Kier alpha value is -1.17. The van der Waals surface area contributed by atoms with E-state index in [0.717, 1.165) is 10.0 Å². The van der Waals surface area contributed by atoms with E-state index in [-0.39, 0.29) is 16.8 Å². The predicted octanol–water partition coefficient (Wildman–Crippen LogP) is 5.24. The van der Waals surface area contributed by atoms with E-state index >= 15 is 0 Å². The van der Waals surface area contributed by atoms with Crippen molar-refractivity contribution in [2.45, 2.75) is 6.54 Å². The molecule has 0 atom stereocenters. The maximum Gasteiger partial charge on any atom is 0.231 e. The average molecular weight is 393 g/mol. The van der Waals surface area contributed by atoms with Crippen molar-refractivity contribution in [3.63, 3.8) is 0 Å². The Morgan fingerprint density at radius 3 is 2.57 bits per heavy atom. The van der Waals surface area contributed by atoms with Gasteiger partial charge >= 0.3 is 0 Å². The lowest BCUT2D eigenvalue weighted by Crippen LogP contribution is -2.00. The number of fused-ring (bicyclic) bond motifs is 1. The Morgan fingerprint density at radius 2 is 1.86 bits per heavy atom. The van der Waals surface area contributed by atoms with E-state index in [1.54, 1.807) is 0 Å². The number of ether oxygens (including phenoxy) is 2. The van der Waals surface area contributed by atoms with Crippen LogP contribution < -0.4 is 14.8 Å². The van der Waals surface area contributed by atoms with Crippen molar-refractivity contribution in [1.29, 1.82) is 0 Å². The first-order chi connectivity index (χ1) is 10.0. The van der Waals surface area contributed by atoms with Gasteiger partial charge in [-0.05, 0) is 45.8 Å². The fraction of sp³-hybridized carbons (Fsp3) is 0.143. The molecule has 1 aliphatic heterocycles. The molecule has 2 aromatic rings. The summed E-state index contributed by atoms with van der Waals surface area (Å²) in [6.45, 7) is 0.724. The lowest BCUT2D eigenvalue weighted by atomic mass is 10.2. The molecule has 0 aromatic heterocycles. The van der Waals surface area contributed by atoms with Crippen LogP contribution in [0.25, 0.3) is 0 Å². The van der Waals surface area contributed by atoms with Gasteiger partial charge in [0.25, 0.3) is 0 Å². The van der Waals surface area contributed by atoms with Crippen molar-refractivity contribution in [3.8, 4) is 11.5 Å². The molecule has 0 aliphatic carbocycles. The van der Waals surface area contributed by atoms with Gasteiger partial charge in [-0.1, -0.05) is 23.2 Å². The molecule has 0 saturated heterocycles. The number of benzene rings is 2. The van der Waals surface area contributed by atoms with E-state index in [2.05, 4.69) is 21.2 Å². The lowest BCUT2D eigenvalue weighted by Gasteiger charge is -2.10. The Balaban J connectivity index is 1.78. The zero-order chi connectivity index (χ0) is 15.0. The number of nitrogens with one attached hydrogen (secondary N) is 1. The number of hydrogen-bond donors (Lipinski definition) is 1. The van der Waals surface area contributed by atoms with E-state index in [9.17, 15) is 4.39 Å². The first-order valence-electron chi connectivity index (χ1n) is 6.01. The smallest absolute Gasteiger partial charge is 0.231 e. The summed E-state index contributed by atoms with van der Waals surface area (Å²) >= 11 is 15.0. The van der Waals surface area contributed by atoms with Gasteiger partial charge in [0.2, 0.25) is 6.79 Å². The van der Waals surface area contributed by atoms with E-state index in [4.69, 9.17) is 32.7 Å². The number of hydrogen-bond acceptors (Lipinski definition) is 3. The molecule has 110 valence electrons. The highest BCUT2D eigenvalue weighted by atomic mass is 79.9. The standard InChI is InChI=1S/C14H9BrCl2FNO2/c15-9-1-7(2-12-14(9)21-6-20-12)5-19-8-3-10(16)13(18)11(17)4-8/h1-4,19H,5-6H2. The number of anilines is 1. The van der Waals surface area contributed by atoms with Gasteiger partial charge in [0.1, 0.15) is 0 Å². The van der Waals surface area contributed by atoms with Crippen LogP contribution in [-0.4, -0.2) is 6.79 Å². The second-order valence-electron chi connectivity index (χ2n) is 4.42. The highest BCUT2D eigenvalue weighted by molar-refractivity contribution is 9.10. The van der Waals surface area contributed by atoms with Crippen LogP contribution in [0.4, 0.5) is 10.1 Å². The van der Waals surface area contributed by atoms with Crippen LogP contribution in [0.15, 0.2) is 28.7 Å². The van der Waals surface area contributed by atoms with Crippen molar-refractivity contribution in [1.82, 2.24) is 0 Å². The summed E-state index contributed by atoms with van der Waals surface area (Å²) < 4.78 is 24.9. The van der Waals surface area contributed by atoms with Gasteiger partial charge in [-0.25, -0.2) is 4.39 Å². The molecule has 0 unspecified atom stereocenters. The zero-order valence-electron chi connectivity index (χ0n) is 10.6. The van der Waals surface area contributed by atoms with Crippen molar-refractivity contribution < 1.29 is 13.9 Å². The average Bonchev–Trinajstić information content (AvgIpc) is 2.91. The highest BCUT2D eigenvalue weighted by Gasteiger charge is 2.18. The summed E-state index contributed by atoms with van der Waals surface area (Å²) in [5, 5.41) is 3.10. The van der Waals surface area contributed by atoms with Gasteiger partial charge in [0.05, 0.1) is 14.5 Å². The van der Waals surface area contributed by atoms with Crippen molar-refractivity contribution in [2.75, 3.05) is 12.1 Å². The quantitative estimate of drug-likeness (QED) is 0.725. The minimum Gasteiger partial charge on any atom is -0.454 e. The molecule has 2 aromatic carbocycles. The largest absolute Gasteiger partial charge is 0.454 e. The number of rotatable bonds is 3. The third-order valence-electron chi connectivity index (χ3n) is 2.97. The molecule has 1 N–H and O–H groups in total. The molecule has 3 rings (SSSR count). The first-order valence-corrected chi connectivity index (χ1v) is 7.56. The van der Waals surface area contributed by atoms with Crippen LogP contribution in [0.2, 0.25) is 10.0 Å². The van der Waals surface area contributed by atoms with E-state index in [0.29, 0.717) is 23.7 Å². The summed E-state index contributed by atoms with van der Waals surface area (Å²) in [6, 6.07) is 6.79. The Labute approximate surface area is 139 Å². The Morgan fingerprint density at radius 1 is 1.14 bits per heavy atom. The second-order valence-corrected chi connectivity index (χ2v) is 6.09. The molecule has 0 radical (unpaired) electrons. The first kappa shape index (κ1) is 14.8. The van der Waals surface area contributed by atoms with Crippen LogP contribution in [0.1, 0.15) is 5.56 Å². The topological polar surface area (TPSA) is 30.5 Å². The third kappa shape index (κ3) is 3.05. The van der Waals surface area contributed by atoms with E-state index in [1.165, 1.54) is 12.1 Å². The van der Waals surface area contributed by atoms with Crippen molar-refractivity contribution >= 4 is 44.8 Å². The molecule has 0 spiro atoms. The molecule has 1 aliphatic rings. The van der Waals surface area contributed by atoms with Gasteiger partial charge in [0, 0.05) is 12.2 Å². The van der Waals surface area contributed by atoms with E-state index in [1.807, 2.05) is 12.1 Å². The SMILES string of the molecule is Fc1c(Cl)cc(NCc2cc(Br)c3c(c2)OCO3)cc1Cl. The van der Waals surface area contributed by atoms with Gasteiger partial charge in [-0.2, -0.15) is 0 Å². The minimum atomic E-state index is -0.616. The fourth-order valence-electron chi connectivity index (χ4n) is 1.98. The lowest BCUT2D eigenvalue weighted by molar-refractivity contribution is 0.173. The molecule has 1 heterocycles. The van der Waals surface area contributed by atoms with Crippen molar-refractivity contribution in [3.05, 3.63) is 50.2 Å². The number of halogens is 4. The molecule has 0 saturated carbocycles. The molecule has 0 fully saturated rings. The predicted molar refractivity (Wildman–Crippen MR) is 84.0 cm³/mol. The second kappa shape index (κ2) is 5.91. The van der Waals surface area contributed by atoms with Crippen LogP contribution in [0, 0.1) is 5.82 Å². The fourth-order valence-corrected chi connectivity index (χ4v) is 3.08. The summed E-state index contributed by atoms with van der Waals surface area (Å²) in [4.78, 5) is 0. The normalized spacial score (nSPS) is 12.6. The van der Waals surface area contributed by atoms with Crippen molar-refractivity contribution in [2.24, 2.45) is 0 Å². The van der Waals surface area contributed by atoms with Crippen LogP contribution >= 0.6 is 39.1 Å². The summed E-state index contributed by atoms with van der Waals surface area (Å²) in [6.07, 6.45) is 0. The molecular formula is C14H9BrCl2FNO2. The molecule has 7 heteroatoms. The Kier molecular flexibility index (Phi) is 4.15. The van der Waals surface area contributed by atoms with Gasteiger partial charge in [-0.15, -0.1) is 0 Å².